The largest absolute Gasteiger partial charge is 0.430 e. The van der Waals surface area contributed by atoms with E-state index in [4.69, 9.17) is 12.3 Å². The number of hydrogen-bond acceptors (Lipinski definition) is 3. The molecule has 0 aliphatic carbocycles. The summed E-state index contributed by atoms with van der Waals surface area (Å²) in [6.07, 6.45) is 0. The van der Waals surface area contributed by atoms with Gasteiger partial charge in [0.25, 0.3) is 0 Å². The van der Waals surface area contributed by atoms with Crippen molar-refractivity contribution >= 4 is 33.8 Å². The summed E-state index contributed by atoms with van der Waals surface area (Å²) < 4.78 is 18.9. The highest BCUT2D eigenvalue weighted by molar-refractivity contribution is 6.94. The number of rotatable bonds is 10. The van der Waals surface area contributed by atoms with Crippen molar-refractivity contribution < 1.29 is 12.3 Å². The molecule has 0 aromatic heterocycles. The van der Waals surface area contributed by atoms with Gasteiger partial charge in [-0.2, -0.15) is 0 Å². The molecule has 0 aliphatic rings. The molecule has 0 radical (unpaired) electrons. The quantitative estimate of drug-likeness (QED) is 0.538. The van der Waals surface area contributed by atoms with Crippen molar-refractivity contribution in [3.05, 3.63) is 49.1 Å². The molecule has 0 saturated heterocycles. The van der Waals surface area contributed by atoms with Crippen LogP contribution in [-0.4, -0.2) is 33.8 Å². The molecule has 0 spiro atoms. The van der Waals surface area contributed by atoms with Crippen molar-refractivity contribution in [2.75, 3.05) is 0 Å². The van der Waals surface area contributed by atoms with E-state index >= 15 is 0 Å². The molecule has 0 N–H and O–H groups in total. The smallest absolute Gasteiger partial charge is 0.342 e. The van der Waals surface area contributed by atoms with Gasteiger partial charge in [0, 0.05) is 0 Å². The summed E-state index contributed by atoms with van der Waals surface area (Å²) in [5, 5.41) is 0. The van der Waals surface area contributed by atoms with Crippen LogP contribution in [0.4, 0.5) is 0 Å². The zero-order valence-corrected chi connectivity index (χ0v) is 18.4. The van der Waals surface area contributed by atoms with E-state index in [-0.39, 0.29) is 0 Å². The topological polar surface area (TPSA) is 27.7 Å². The zero-order valence-electron chi connectivity index (χ0n) is 14.4. The van der Waals surface area contributed by atoms with Gasteiger partial charge in [-0.15, -0.1) is 26.3 Å². The maximum atomic E-state index is 6.37. The first kappa shape index (κ1) is 20.7. The summed E-state index contributed by atoms with van der Waals surface area (Å²) >= 11 is 0. The average molecular weight is 359 g/mol. The minimum atomic E-state index is -2.54. The van der Waals surface area contributed by atoms with Crippen LogP contribution in [0.2, 0.25) is 39.3 Å². The van der Waals surface area contributed by atoms with Crippen LogP contribution >= 0.6 is 0 Å². The van der Waals surface area contributed by atoms with Crippen LogP contribution in [0.25, 0.3) is 0 Å². The molecule has 7 heteroatoms. The summed E-state index contributed by atoms with van der Waals surface area (Å²) in [6.45, 7) is 27.9. The fourth-order valence-corrected chi connectivity index (χ4v) is 16.4. The molecule has 2 unspecified atom stereocenters. The molecule has 0 rings (SSSR count). The minimum absolute atomic E-state index is 1.81. The van der Waals surface area contributed by atoms with Crippen molar-refractivity contribution in [3.8, 4) is 0 Å². The fraction of sp³-hybridized carbons (Fsp3) is 0.429. The van der Waals surface area contributed by atoms with Gasteiger partial charge in [0.05, 0.1) is 0 Å². The molecule has 0 fully saturated rings. The van der Waals surface area contributed by atoms with E-state index in [2.05, 4.69) is 52.5 Å². The van der Waals surface area contributed by atoms with Crippen molar-refractivity contribution in [2.24, 2.45) is 0 Å². The van der Waals surface area contributed by atoms with Crippen LogP contribution in [0.15, 0.2) is 49.1 Å². The Kier molecular flexibility index (Phi) is 7.21. The fourth-order valence-electron chi connectivity index (χ4n) is 1.74. The Balaban J connectivity index is 5.31. The van der Waals surface area contributed by atoms with Crippen LogP contribution in [0.1, 0.15) is 0 Å². The van der Waals surface area contributed by atoms with Gasteiger partial charge in [0.15, 0.2) is 16.6 Å². The van der Waals surface area contributed by atoms with Gasteiger partial charge in [-0.1, -0.05) is 22.8 Å². The van der Waals surface area contributed by atoms with E-state index in [0.29, 0.717) is 0 Å². The third kappa shape index (κ3) is 7.00. The molecular weight excluding hydrogens is 328 g/mol. The maximum absolute atomic E-state index is 6.37. The molecule has 0 heterocycles. The summed E-state index contributed by atoms with van der Waals surface area (Å²) in [6, 6.07) is 0. The second-order valence-electron chi connectivity index (χ2n) is 6.36. The van der Waals surface area contributed by atoms with E-state index in [1.165, 1.54) is 0 Å². The van der Waals surface area contributed by atoms with E-state index in [9.17, 15) is 0 Å². The van der Waals surface area contributed by atoms with Gasteiger partial charge in [-0.3, -0.25) is 0 Å². The van der Waals surface area contributed by atoms with Gasteiger partial charge < -0.3 is 12.3 Å². The lowest BCUT2D eigenvalue weighted by Gasteiger charge is -2.40. The molecule has 0 aliphatic heterocycles. The maximum Gasteiger partial charge on any atom is 0.342 e. The van der Waals surface area contributed by atoms with Crippen molar-refractivity contribution in [3.63, 3.8) is 0 Å². The Hall–Kier alpha value is -0.292. The molecule has 120 valence electrons. The highest BCUT2D eigenvalue weighted by atomic mass is 28.5. The second kappa shape index (κ2) is 7.31. The molecule has 21 heavy (non-hydrogen) atoms. The summed E-state index contributed by atoms with van der Waals surface area (Å²) in [7, 11) is -9.00. The SMILES string of the molecule is C=C[Si](C)(C)O[Si](C)(C=C)O[Si](C)(C=C)O[Si](C)(C)C=C. The predicted molar refractivity (Wildman–Crippen MR) is 102 cm³/mol. The lowest BCUT2D eigenvalue weighted by atomic mass is 11.3. The van der Waals surface area contributed by atoms with Gasteiger partial charge in [0.2, 0.25) is 0 Å². The Labute approximate surface area is 134 Å². The molecule has 0 aromatic carbocycles. The van der Waals surface area contributed by atoms with Gasteiger partial charge in [-0.25, -0.2) is 0 Å². The predicted octanol–water partition coefficient (Wildman–Crippen LogP) is 4.49. The molecule has 0 aromatic rings. The monoisotopic (exact) mass is 358 g/mol. The Morgan fingerprint density at radius 2 is 0.810 bits per heavy atom. The number of hydrogen-bond donors (Lipinski definition) is 0. The highest BCUT2D eigenvalue weighted by Gasteiger charge is 2.44. The standard InChI is InChI=1S/C14H30O3Si4/c1-11-18(5,6)15-20(9,13-3)17-21(10,14-4)16-19(7,8)12-2/h11-14H,1-4H2,5-10H3. The molecule has 0 amide bonds. The molecule has 2 atom stereocenters. The molecule has 0 saturated carbocycles. The van der Waals surface area contributed by atoms with E-state index < -0.39 is 33.8 Å². The third-order valence-electron chi connectivity index (χ3n) is 3.06. The van der Waals surface area contributed by atoms with Crippen LogP contribution in [0.3, 0.4) is 0 Å². The van der Waals surface area contributed by atoms with Gasteiger partial charge in [-0.05, 0) is 39.3 Å². The second-order valence-corrected chi connectivity index (χ2v) is 20.9. The zero-order chi connectivity index (χ0) is 16.9. The summed E-state index contributed by atoms with van der Waals surface area (Å²) in [4.78, 5) is 0. The lowest BCUT2D eigenvalue weighted by molar-refractivity contribution is 0.343. The Morgan fingerprint density at radius 3 is 1.00 bits per heavy atom. The molecule has 0 bridgehead atoms. The van der Waals surface area contributed by atoms with Gasteiger partial charge >= 0.3 is 17.1 Å². The lowest BCUT2D eigenvalue weighted by Crippen LogP contribution is -2.57. The van der Waals surface area contributed by atoms with Crippen molar-refractivity contribution in [1.29, 1.82) is 0 Å². The normalized spacial score (nSPS) is 18.2. The summed E-state index contributed by atoms with van der Waals surface area (Å²) in [5.74, 6) is 0. The van der Waals surface area contributed by atoms with E-state index in [1.54, 1.807) is 0 Å². The van der Waals surface area contributed by atoms with E-state index in [0.717, 1.165) is 0 Å². The van der Waals surface area contributed by atoms with Crippen molar-refractivity contribution in [2.45, 2.75) is 39.3 Å². The molecular formula is C14H30O3Si4. The van der Waals surface area contributed by atoms with Gasteiger partial charge in [0.1, 0.15) is 0 Å². The third-order valence-corrected chi connectivity index (χ3v) is 17.2. The van der Waals surface area contributed by atoms with Crippen molar-refractivity contribution in [1.82, 2.24) is 0 Å². The van der Waals surface area contributed by atoms with Crippen LogP contribution in [0.5, 0.6) is 0 Å². The highest BCUT2D eigenvalue weighted by Crippen LogP contribution is 2.25. The minimum Gasteiger partial charge on any atom is -0.430 e. The Bertz CT molecular complexity index is 384. The summed E-state index contributed by atoms with van der Waals surface area (Å²) in [5.41, 5.74) is 7.43. The first-order valence-electron chi connectivity index (χ1n) is 7.01. The van der Waals surface area contributed by atoms with Crippen LogP contribution in [0, 0.1) is 0 Å². The first-order chi connectivity index (χ1) is 9.36. The Morgan fingerprint density at radius 1 is 0.524 bits per heavy atom. The van der Waals surface area contributed by atoms with E-state index in [1.807, 2.05) is 35.9 Å². The van der Waals surface area contributed by atoms with Crippen LogP contribution in [-0.2, 0) is 12.3 Å². The average Bonchev–Trinajstić information content (AvgIpc) is 2.37. The molecule has 3 nitrogen and oxygen atoms in total. The van der Waals surface area contributed by atoms with Crippen LogP contribution < -0.4 is 0 Å². The first-order valence-corrected chi connectivity index (χ1v) is 17.8.